The predicted octanol–water partition coefficient (Wildman–Crippen LogP) is 1.51. The lowest BCUT2D eigenvalue weighted by Crippen LogP contribution is -2.38. The van der Waals surface area contributed by atoms with Gasteiger partial charge in [-0.05, 0) is 12.1 Å². The minimum absolute atomic E-state index is 0.0617. The Morgan fingerprint density at radius 1 is 0.950 bits per heavy atom. The maximum atomic E-state index is 12.0. The number of aliphatic hydroxyl groups is 1. The summed E-state index contributed by atoms with van der Waals surface area (Å²) in [5.41, 5.74) is -2.41. The van der Waals surface area contributed by atoms with E-state index in [-0.39, 0.29) is 22.6 Å². The van der Waals surface area contributed by atoms with Crippen LogP contribution in [0.25, 0.3) is 0 Å². The first-order valence-electron chi connectivity index (χ1n) is 5.89. The molecule has 104 valence electrons. The first-order chi connectivity index (χ1) is 9.51. The van der Waals surface area contributed by atoms with Crippen molar-refractivity contribution in [2.24, 2.45) is 0 Å². The van der Waals surface area contributed by atoms with Gasteiger partial charge in [0.1, 0.15) is 11.5 Å². The summed E-state index contributed by atoms with van der Waals surface area (Å²) in [6.45, 7) is 0. The summed E-state index contributed by atoms with van der Waals surface area (Å²) in [6.07, 6.45) is 0. The van der Waals surface area contributed by atoms with Gasteiger partial charge < -0.3 is 20.1 Å². The van der Waals surface area contributed by atoms with Gasteiger partial charge in [0, 0.05) is 11.1 Å². The number of methoxy groups -OCH3 is 1. The predicted molar refractivity (Wildman–Crippen MR) is 71.2 cm³/mol. The summed E-state index contributed by atoms with van der Waals surface area (Å²) < 4.78 is 4.62. The molecule has 0 aliphatic carbocycles. The minimum Gasteiger partial charge on any atom is -0.508 e. The third-order valence-electron chi connectivity index (χ3n) is 3.07. The van der Waals surface area contributed by atoms with Crippen molar-refractivity contribution in [2.75, 3.05) is 7.11 Å². The Balaban J connectivity index is 2.74. The number of hydrogen-bond donors (Lipinski definition) is 3. The number of rotatable bonds is 3. The molecule has 0 bridgehead atoms. The topological polar surface area (TPSA) is 87.0 Å². The van der Waals surface area contributed by atoms with Crippen LogP contribution in [0, 0.1) is 0 Å². The fourth-order valence-corrected chi connectivity index (χ4v) is 2.07. The molecule has 0 heterocycles. The molecule has 5 heteroatoms. The lowest BCUT2D eigenvalue weighted by Gasteiger charge is -2.27. The molecule has 20 heavy (non-hydrogen) atoms. The zero-order valence-electron chi connectivity index (χ0n) is 10.8. The first kappa shape index (κ1) is 13.9. The molecule has 0 amide bonds. The first-order valence-corrected chi connectivity index (χ1v) is 5.89. The average Bonchev–Trinajstić information content (AvgIpc) is 2.46. The molecule has 0 saturated carbocycles. The number of hydrogen-bond acceptors (Lipinski definition) is 5. The van der Waals surface area contributed by atoms with E-state index in [9.17, 15) is 20.1 Å². The number of esters is 1. The molecule has 0 atom stereocenters. The van der Waals surface area contributed by atoms with Crippen molar-refractivity contribution in [2.45, 2.75) is 5.60 Å². The summed E-state index contributed by atoms with van der Waals surface area (Å²) in [5.74, 6) is -1.55. The van der Waals surface area contributed by atoms with Crippen LogP contribution in [0.3, 0.4) is 0 Å². The van der Waals surface area contributed by atoms with Gasteiger partial charge in [0.25, 0.3) is 0 Å². The molecule has 0 aliphatic rings. The Bertz CT molecular complexity index is 590. The highest BCUT2D eigenvalue weighted by Gasteiger charge is 2.44. The second-order valence-corrected chi connectivity index (χ2v) is 4.24. The molecule has 2 aromatic rings. The van der Waals surface area contributed by atoms with Crippen molar-refractivity contribution in [3.8, 4) is 11.5 Å². The van der Waals surface area contributed by atoms with Crippen LogP contribution >= 0.6 is 0 Å². The molecule has 0 radical (unpaired) electrons. The van der Waals surface area contributed by atoms with Gasteiger partial charge in [0.15, 0.2) is 0 Å². The highest BCUT2D eigenvalue weighted by molar-refractivity contribution is 5.87. The van der Waals surface area contributed by atoms with Crippen molar-refractivity contribution >= 4 is 5.97 Å². The molecule has 0 spiro atoms. The number of ether oxygens (including phenoxy) is 1. The Morgan fingerprint density at radius 3 is 1.70 bits per heavy atom. The van der Waals surface area contributed by atoms with Crippen LogP contribution in [0.5, 0.6) is 11.5 Å². The van der Waals surface area contributed by atoms with E-state index in [0.717, 1.165) is 7.11 Å². The Kier molecular flexibility index (Phi) is 3.63. The van der Waals surface area contributed by atoms with Crippen LogP contribution in [0.1, 0.15) is 11.1 Å². The van der Waals surface area contributed by atoms with Crippen LogP contribution in [-0.2, 0) is 15.1 Å². The second kappa shape index (κ2) is 5.22. The number of aromatic hydroxyl groups is 2. The monoisotopic (exact) mass is 274 g/mol. The molecular formula is C15H14O5. The zero-order valence-corrected chi connectivity index (χ0v) is 10.8. The fraction of sp³-hybridized carbons (Fsp3) is 0.133. The largest absolute Gasteiger partial charge is 0.508 e. The number of phenolic OH excluding ortho intramolecular Hbond substituents is 2. The number of benzene rings is 2. The molecular weight excluding hydrogens is 260 g/mol. The molecule has 5 nitrogen and oxygen atoms in total. The summed E-state index contributed by atoms with van der Waals surface area (Å²) in [7, 11) is 1.12. The summed E-state index contributed by atoms with van der Waals surface area (Å²) in [6, 6.07) is 11.7. The second-order valence-electron chi connectivity index (χ2n) is 4.24. The van der Waals surface area contributed by atoms with Crippen LogP contribution in [0.4, 0.5) is 0 Å². The molecule has 2 aromatic carbocycles. The maximum absolute atomic E-state index is 12.0. The number of para-hydroxylation sites is 2. The Labute approximate surface area is 115 Å². The lowest BCUT2D eigenvalue weighted by atomic mass is 9.85. The van der Waals surface area contributed by atoms with E-state index >= 15 is 0 Å². The van der Waals surface area contributed by atoms with Crippen molar-refractivity contribution in [1.82, 2.24) is 0 Å². The van der Waals surface area contributed by atoms with E-state index in [0.29, 0.717) is 0 Å². The average molecular weight is 274 g/mol. The number of phenols is 2. The van der Waals surface area contributed by atoms with Crippen LogP contribution in [0.2, 0.25) is 0 Å². The Hall–Kier alpha value is -2.53. The van der Waals surface area contributed by atoms with Gasteiger partial charge >= 0.3 is 5.97 Å². The standard InChI is InChI=1S/C15H14O5/c1-20-14(18)15(19,10-6-2-4-8-12(10)16)11-7-3-5-9-13(11)17/h2-9,16-17,19H,1H3. The van der Waals surface area contributed by atoms with Gasteiger partial charge in [0.2, 0.25) is 5.60 Å². The summed E-state index contributed by atoms with van der Waals surface area (Å²) in [4.78, 5) is 12.0. The molecule has 0 aromatic heterocycles. The number of carbonyl (C=O) groups is 1. The quantitative estimate of drug-likeness (QED) is 0.738. The molecule has 3 N–H and O–H groups in total. The van der Waals surface area contributed by atoms with E-state index in [2.05, 4.69) is 4.74 Å². The van der Waals surface area contributed by atoms with Gasteiger partial charge in [-0.15, -0.1) is 0 Å². The van der Waals surface area contributed by atoms with E-state index < -0.39 is 11.6 Å². The molecule has 0 unspecified atom stereocenters. The van der Waals surface area contributed by atoms with Gasteiger partial charge in [0.05, 0.1) is 7.11 Å². The van der Waals surface area contributed by atoms with Crippen molar-refractivity contribution < 1.29 is 24.9 Å². The molecule has 2 rings (SSSR count). The van der Waals surface area contributed by atoms with E-state index in [1.165, 1.54) is 24.3 Å². The van der Waals surface area contributed by atoms with E-state index in [1.54, 1.807) is 24.3 Å². The normalized spacial score (nSPS) is 11.1. The fourth-order valence-electron chi connectivity index (χ4n) is 2.07. The summed E-state index contributed by atoms with van der Waals surface area (Å²) >= 11 is 0. The Morgan fingerprint density at radius 2 is 1.35 bits per heavy atom. The lowest BCUT2D eigenvalue weighted by molar-refractivity contribution is -0.159. The third kappa shape index (κ3) is 2.08. The zero-order chi connectivity index (χ0) is 14.8. The van der Waals surface area contributed by atoms with Crippen molar-refractivity contribution in [3.05, 3.63) is 59.7 Å². The highest BCUT2D eigenvalue weighted by Crippen LogP contribution is 2.39. The van der Waals surface area contributed by atoms with Crippen LogP contribution < -0.4 is 0 Å². The van der Waals surface area contributed by atoms with Gasteiger partial charge in [-0.2, -0.15) is 0 Å². The van der Waals surface area contributed by atoms with E-state index in [4.69, 9.17) is 0 Å². The third-order valence-corrected chi connectivity index (χ3v) is 3.07. The maximum Gasteiger partial charge on any atom is 0.347 e. The van der Waals surface area contributed by atoms with E-state index in [1.807, 2.05) is 0 Å². The van der Waals surface area contributed by atoms with Gasteiger partial charge in [-0.25, -0.2) is 4.79 Å². The number of carbonyl (C=O) groups excluding carboxylic acids is 1. The molecule has 0 fully saturated rings. The summed E-state index contributed by atoms with van der Waals surface area (Å²) in [5, 5.41) is 30.6. The van der Waals surface area contributed by atoms with Crippen LogP contribution in [0.15, 0.2) is 48.5 Å². The van der Waals surface area contributed by atoms with Gasteiger partial charge in [-0.1, -0.05) is 36.4 Å². The highest BCUT2D eigenvalue weighted by atomic mass is 16.5. The van der Waals surface area contributed by atoms with Gasteiger partial charge in [-0.3, -0.25) is 0 Å². The van der Waals surface area contributed by atoms with Crippen molar-refractivity contribution in [1.29, 1.82) is 0 Å². The van der Waals surface area contributed by atoms with Crippen molar-refractivity contribution in [3.63, 3.8) is 0 Å². The minimum atomic E-state index is -2.29. The molecule has 0 aliphatic heterocycles. The molecule has 0 saturated heterocycles. The van der Waals surface area contributed by atoms with Crippen LogP contribution in [-0.4, -0.2) is 28.4 Å². The smallest absolute Gasteiger partial charge is 0.347 e. The SMILES string of the molecule is COC(=O)C(O)(c1ccccc1O)c1ccccc1O.